The lowest BCUT2D eigenvalue weighted by molar-refractivity contribution is 0.663. The zero-order chi connectivity index (χ0) is 9.52. The van der Waals surface area contributed by atoms with Crippen LogP contribution < -0.4 is 5.32 Å². The van der Waals surface area contributed by atoms with Crippen molar-refractivity contribution in [1.82, 2.24) is 20.3 Å². The molecule has 0 aliphatic carbocycles. The fraction of sp³-hybridized carbons (Fsp3) is 0.750. The third kappa shape index (κ3) is 4.28. The van der Waals surface area contributed by atoms with E-state index in [9.17, 15) is 0 Å². The van der Waals surface area contributed by atoms with Crippen LogP contribution in [-0.2, 0) is 13.6 Å². The molecule has 0 radical (unpaired) electrons. The zero-order valence-corrected chi connectivity index (χ0v) is 8.97. The minimum Gasteiger partial charge on any atom is -0.311 e. The maximum atomic E-state index is 3.98. The van der Waals surface area contributed by atoms with E-state index in [4.69, 9.17) is 0 Å². The van der Waals surface area contributed by atoms with Crippen molar-refractivity contribution in [1.29, 1.82) is 0 Å². The highest BCUT2D eigenvalue weighted by molar-refractivity contribution is 7.98. The lowest BCUT2D eigenvalue weighted by Crippen LogP contribution is -2.15. The summed E-state index contributed by atoms with van der Waals surface area (Å²) in [5.74, 6) is 1.22. The van der Waals surface area contributed by atoms with E-state index in [1.807, 2.05) is 25.0 Å². The molecule has 4 nitrogen and oxygen atoms in total. The summed E-state index contributed by atoms with van der Waals surface area (Å²) in [6.07, 6.45) is 5.27. The standard InChI is InChI=1S/C8H16N4S/c1-12-7-8(10-11-12)6-9-4-3-5-13-2/h7,9H,3-6H2,1-2H3. The second-order valence-corrected chi connectivity index (χ2v) is 3.89. The second-order valence-electron chi connectivity index (χ2n) is 2.91. The quantitative estimate of drug-likeness (QED) is 0.685. The largest absolute Gasteiger partial charge is 0.311 e. The lowest BCUT2D eigenvalue weighted by atomic mass is 10.4. The Balaban J connectivity index is 2.06. The molecule has 0 unspecified atom stereocenters. The molecular weight excluding hydrogens is 184 g/mol. The molecule has 1 aromatic rings. The van der Waals surface area contributed by atoms with E-state index < -0.39 is 0 Å². The summed E-state index contributed by atoms with van der Waals surface area (Å²) >= 11 is 1.88. The monoisotopic (exact) mass is 200 g/mol. The van der Waals surface area contributed by atoms with Gasteiger partial charge in [0.25, 0.3) is 0 Å². The molecule has 0 atom stereocenters. The Morgan fingerprint density at radius 3 is 3.08 bits per heavy atom. The van der Waals surface area contributed by atoms with Crippen LogP contribution in [0, 0.1) is 0 Å². The van der Waals surface area contributed by atoms with Crippen molar-refractivity contribution in [2.75, 3.05) is 18.6 Å². The minimum absolute atomic E-state index is 0.822. The van der Waals surface area contributed by atoms with Crippen LogP contribution in [0.25, 0.3) is 0 Å². The fourth-order valence-electron chi connectivity index (χ4n) is 1.03. The Morgan fingerprint density at radius 2 is 2.46 bits per heavy atom. The van der Waals surface area contributed by atoms with Gasteiger partial charge in [-0.2, -0.15) is 11.8 Å². The fourth-order valence-corrected chi connectivity index (χ4v) is 1.47. The van der Waals surface area contributed by atoms with Gasteiger partial charge in [0.2, 0.25) is 0 Å². The molecule has 1 rings (SSSR count). The molecule has 0 saturated heterocycles. The number of nitrogens with zero attached hydrogens (tertiary/aromatic N) is 3. The Morgan fingerprint density at radius 1 is 1.62 bits per heavy atom. The Labute approximate surface area is 83.1 Å². The van der Waals surface area contributed by atoms with E-state index in [0.29, 0.717) is 0 Å². The molecule has 0 saturated carbocycles. The van der Waals surface area contributed by atoms with Crippen molar-refractivity contribution >= 4 is 11.8 Å². The minimum atomic E-state index is 0.822. The van der Waals surface area contributed by atoms with Crippen molar-refractivity contribution < 1.29 is 0 Å². The highest BCUT2D eigenvalue weighted by Gasteiger charge is 1.96. The van der Waals surface area contributed by atoms with E-state index in [0.717, 1.165) is 18.8 Å². The highest BCUT2D eigenvalue weighted by Crippen LogP contribution is 1.94. The maximum Gasteiger partial charge on any atom is 0.0964 e. The average molecular weight is 200 g/mol. The second kappa shape index (κ2) is 5.99. The molecule has 5 heteroatoms. The third-order valence-corrected chi connectivity index (χ3v) is 2.36. The van der Waals surface area contributed by atoms with Crippen LogP contribution in [0.1, 0.15) is 12.1 Å². The van der Waals surface area contributed by atoms with Gasteiger partial charge in [0.15, 0.2) is 0 Å². The molecule has 1 heterocycles. The zero-order valence-electron chi connectivity index (χ0n) is 8.16. The van der Waals surface area contributed by atoms with Gasteiger partial charge in [0.05, 0.1) is 5.69 Å². The van der Waals surface area contributed by atoms with Gasteiger partial charge >= 0.3 is 0 Å². The summed E-state index contributed by atoms with van der Waals surface area (Å²) in [6.45, 7) is 1.87. The van der Waals surface area contributed by atoms with Gasteiger partial charge < -0.3 is 5.32 Å². The molecular formula is C8H16N4S. The number of thioether (sulfide) groups is 1. The van der Waals surface area contributed by atoms with Gasteiger partial charge in [-0.05, 0) is 25.0 Å². The molecule has 0 aliphatic rings. The summed E-state index contributed by atoms with van der Waals surface area (Å²) in [5.41, 5.74) is 1.01. The summed E-state index contributed by atoms with van der Waals surface area (Å²) in [7, 11) is 1.88. The molecule has 0 bridgehead atoms. The normalized spacial score (nSPS) is 10.6. The van der Waals surface area contributed by atoms with Gasteiger partial charge in [0, 0.05) is 19.8 Å². The highest BCUT2D eigenvalue weighted by atomic mass is 32.2. The van der Waals surface area contributed by atoms with Gasteiger partial charge in [-0.15, -0.1) is 5.10 Å². The van der Waals surface area contributed by atoms with E-state index >= 15 is 0 Å². The number of rotatable bonds is 6. The van der Waals surface area contributed by atoms with Crippen LogP contribution in [0.4, 0.5) is 0 Å². The molecule has 0 fully saturated rings. The van der Waals surface area contributed by atoms with E-state index in [1.165, 1.54) is 12.2 Å². The molecule has 0 aliphatic heterocycles. The van der Waals surface area contributed by atoms with Gasteiger partial charge in [-0.1, -0.05) is 5.21 Å². The lowest BCUT2D eigenvalue weighted by Gasteiger charge is -1.99. The predicted octanol–water partition coefficient (Wildman–Crippen LogP) is 0.658. The van der Waals surface area contributed by atoms with Crippen molar-refractivity contribution in [3.63, 3.8) is 0 Å². The van der Waals surface area contributed by atoms with Crippen LogP contribution >= 0.6 is 11.8 Å². The molecule has 0 spiro atoms. The molecule has 1 aromatic heterocycles. The molecule has 74 valence electrons. The average Bonchev–Trinajstić information content (AvgIpc) is 2.51. The van der Waals surface area contributed by atoms with E-state index in [1.54, 1.807) is 4.68 Å². The molecule has 1 N–H and O–H groups in total. The van der Waals surface area contributed by atoms with Crippen LogP contribution in [0.3, 0.4) is 0 Å². The smallest absolute Gasteiger partial charge is 0.0964 e. The predicted molar refractivity (Wildman–Crippen MR) is 55.7 cm³/mol. The van der Waals surface area contributed by atoms with Crippen LogP contribution in [0.2, 0.25) is 0 Å². The van der Waals surface area contributed by atoms with Gasteiger partial charge in [0.1, 0.15) is 0 Å². The number of aromatic nitrogens is 3. The number of hydrogen-bond donors (Lipinski definition) is 1. The van der Waals surface area contributed by atoms with Crippen molar-refractivity contribution in [3.8, 4) is 0 Å². The van der Waals surface area contributed by atoms with Crippen molar-refractivity contribution in [2.45, 2.75) is 13.0 Å². The molecule has 0 aromatic carbocycles. The Hall–Kier alpha value is -0.550. The van der Waals surface area contributed by atoms with Crippen molar-refractivity contribution in [3.05, 3.63) is 11.9 Å². The van der Waals surface area contributed by atoms with E-state index in [2.05, 4.69) is 21.9 Å². The topological polar surface area (TPSA) is 42.7 Å². The number of nitrogens with one attached hydrogen (secondary N) is 1. The summed E-state index contributed by atoms with van der Waals surface area (Å²) < 4.78 is 1.72. The number of aryl methyl sites for hydroxylation is 1. The van der Waals surface area contributed by atoms with Gasteiger partial charge in [-0.3, -0.25) is 4.68 Å². The first-order valence-electron chi connectivity index (χ1n) is 4.38. The van der Waals surface area contributed by atoms with Crippen LogP contribution in [0.5, 0.6) is 0 Å². The Kier molecular flexibility index (Phi) is 4.85. The Bertz CT molecular complexity index is 236. The van der Waals surface area contributed by atoms with Crippen molar-refractivity contribution in [2.24, 2.45) is 7.05 Å². The SMILES string of the molecule is CSCCCNCc1cn(C)nn1. The first kappa shape index (κ1) is 10.5. The first-order valence-corrected chi connectivity index (χ1v) is 5.77. The maximum absolute atomic E-state index is 3.98. The molecule has 13 heavy (non-hydrogen) atoms. The first-order chi connectivity index (χ1) is 6.33. The molecule has 0 amide bonds. The summed E-state index contributed by atoms with van der Waals surface area (Å²) in [5, 5.41) is 11.2. The summed E-state index contributed by atoms with van der Waals surface area (Å²) in [4.78, 5) is 0. The summed E-state index contributed by atoms with van der Waals surface area (Å²) in [6, 6.07) is 0. The van der Waals surface area contributed by atoms with Crippen LogP contribution in [0.15, 0.2) is 6.20 Å². The van der Waals surface area contributed by atoms with Crippen LogP contribution in [-0.4, -0.2) is 33.5 Å². The van der Waals surface area contributed by atoms with E-state index in [-0.39, 0.29) is 0 Å². The number of hydrogen-bond acceptors (Lipinski definition) is 4. The third-order valence-electron chi connectivity index (χ3n) is 1.66. The van der Waals surface area contributed by atoms with Gasteiger partial charge in [-0.25, -0.2) is 0 Å².